The average molecular weight is 339 g/mol. The number of carbonyl (C=O) groups excluding carboxylic acids is 1. The van der Waals surface area contributed by atoms with E-state index in [1.54, 1.807) is 0 Å². The van der Waals surface area contributed by atoms with Crippen LogP contribution in [0.2, 0.25) is 0 Å². The second-order valence-corrected chi connectivity index (χ2v) is 6.63. The Hall–Kier alpha value is -0.870. The van der Waals surface area contributed by atoms with Crippen LogP contribution in [0, 0.1) is 11.8 Å². The van der Waals surface area contributed by atoms with Crippen LogP contribution in [0.4, 0.5) is 5.69 Å². The van der Waals surface area contributed by atoms with Crippen molar-refractivity contribution < 1.29 is 4.79 Å². The van der Waals surface area contributed by atoms with Gasteiger partial charge < -0.3 is 10.6 Å². The fraction of sp³-hybridized carbons (Fsp3) is 0.562. The Labute approximate surface area is 129 Å². The lowest BCUT2D eigenvalue weighted by Gasteiger charge is -2.28. The fourth-order valence-corrected chi connectivity index (χ4v) is 3.24. The third-order valence-electron chi connectivity index (χ3n) is 4.09. The summed E-state index contributed by atoms with van der Waals surface area (Å²) in [5.41, 5.74) is 0.831. The number of hydrogen-bond acceptors (Lipinski definition) is 2. The van der Waals surface area contributed by atoms with Crippen LogP contribution in [-0.4, -0.2) is 19.0 Å². The van der Waals surface area contributed by atoms with Gasteiger partial charge in [0.15, 0.2) is 0 Å². The molecule has 4 heteroatoms. The zero-order valence-corrected chi connectivity index (χ0v) is 13.6. The predicted molar refractivity (Wildman–Crippen MR) is 86.8 cm³/mol. The molecule has 20 heavy (non-hydrogen) atoms. The number of halogens is 1. The topological polar surface area (TPSA) is 41.1 Å². The number of rotatable bonds is 5. The predicted octanol–water partition coefficient (Wildman–Crippen LogP) is 3.80. The van der Waals surface area contributed by atoms with Gasteiger partial charge in [0.2, 0.25) is 5.91 Å². The highest BCUT2D eigenvalue weighted by molar-refractivity contribution is 9.10. The van der Waals surface area contributed by atoms with Crippen molar-refractivity contribution in [2.24, 2.45) is 11.8 Å². The van der Waals surface area contributed by atoms with Crippen molar-refractivity contribution in [2.75, 3.05) is 18.4 Å². The van der Waals surface area contributed by atoms with E-state index in [2.05, 4.69) is 33.5 Å². The molecule has 0 aromatic heterocycles. The molecule has 0 heterocycles. The van der Waals surface area contributed by atoms with Crippen molar-refractivity contribution in [3.05, 3.63) is 28.7 Å². The molecule has 0 spiro atoms. The number of nitrogens with one attached hydrogen (secondary N) is 2. The van der Waals surface area contributed by atoms with E-state index < -0.39 is 0 Å². The first kappa shape index (κ1) is 15.5. The molecule has 1 amide bonds. The van der Waals surface area contributed by atoms with Gasteiger partial charge >= 0.3 is 0 Å². The Balaban J connectivity index is 1.70. The van der Waals surface area contributed by atoms with E-state index >= 15 is 0 Å². The minimum atomic E-state index is 0.0200. The van der Waals surface area contributed by atoms with E-state index in [0.717, 1.165) is 28.5 Å². The highest BCUT2D eigenvalue weighted by atomic mass is 79.9. The second kappa shape index (κ2) is 7.79. The summed E-state index contributed by atoms with van der Waals surface area (Å²) >= 11 is 3.40. The zero-order chi connectivity index (χ0) is 14.4. The molecule has 0 saturated heterocycles. The van der Waals surface area contributed by atoms with Crippen LogP contribution in [0.1, 0.15) is 32.6 Å². The standard InChI is InChI=1S/C16H23BrN2O/c1-12-5-2-3-6-13(12)10-18-11-16(20)19-15-8-4-7-14(17)9-15/h4,7-9,12-13,18H,2-3,5-6,10-11H2,1H3,(H,19,20). The number of carbonyl (C=O) groups is 1. The van der Waals surface area contributed by atoms with Crippen molar-refractivity contribution in [1.82, 2.24) is 5.32 Å². The van der Waals surface area contributed by atoms with Gasteiger partial charge in [-0.15, -0.1) is 0 Å². The molecule has 1 aliphatic carbocycles. The summed E-state index contributed by atoms with van der Waals surface area (Å²) < 4.78 is 0.972. The van der Waals surface area contributed by atoms with Crippen LogP contribution in [0.5, 0.6) is 0 Å². The van der Waals surface area contributed by atoms with Gasteiger partial charge in [-0.2, -0.15) is 0 Å². The highest BCUT2D eigenvalue weighted by Crippen LogP contribution is 2.28. The third-order valence-corrected chi connectivity index (χ3v) is 4.58. The van der Waals surface area contributed by atoms with Gasteiger partial charge in [0.25, 0.3) is 0 Å². The lowest BCUT2D eigenvalue weighted by atomic mass is 9.80. The molecule has 0 aliphatic heterocycles. The van der Waals surface area contributed by atoms with E-state index in [9.17, 15) is 4.79 Å². The van der Waals surface area contributed by atoms with Crippen LogP contribution >= 0.6 is 15.9 Å². The van der Waals surface area contributed by atoms with Gasteiger partial charge in [-0.3, -0.25) is 4.79 Å². The Morgan fingerprint density at radius 1 is 1.35 bits per heavy atom. The smallest absolute Gasteiger partial charge is 0.238 e. The fourth-order valence-electron chi connectivity index (χ4n) is 2.84. The average Bonchev–Trinajstić information content (AvgIpc) is 2.41. The summed E-state index contributed by atoms with van der Waals surface area (Å²) in [7, 11) is 0. The zero-order valence-electron chi connectivity index (χ0n) is 12.0. The molecule has 2 rings (SSSR count). The molecule has 1 saturated carbocycles. The van der Waals surface area contributed by atoms with Crippen LogP contribution in [-0.2, 0) is 4.79 Å². The maximum atomic E-state index is 11.9. The molecule has 110 valence electrons. The van der Waals surface area contributed by atoms with Gasteiger partial charge in [0, 0.05) is 10.2 Å². The number of hydrogen-bond donors (Lipinski definition) is 2. The Kier molecular flexibility index (Phi) is 6.05. The molecule has 1 aromatic rings. The highest BCUT2D eigenvalue weighted by Gasteiger charge is 2.20. The van der Waals surface area contributed by atoms with E-state index in [4.69, 9.17) is 0 Å². The first-order chi connectivity index (χ1) is 9.65. The van der Waals surface area contributed by atoms with Gasteiger partial charge in [0.1, 0.15) is 0 Å². The van der Waals surface area contributed by atoms with Crippen molar-refractivity contribution in [2.45, 2.75) is 32.6 Å². The third kappa shape index (κ3) is 4.91. The Morgan fingerprint density at radius 2 is 2.15 bits per heavy atom. The Bertz CT molecular complexity index is 450. The van der Waals surface area contributed by atoms with Crippen molar-refractivity contribution >= 4 is 27.5 Å². The first-order valence-corrected chi connectivity index (χ1v) is 8.20. The minimum Gasteiger partial charge on any atom is -0.325 e. The van der Waals surface area contributed by atoms with E-state index in [0.29, 0.717) is 6.54 Å². The molecule has 1 fully saturated rings. The summed E-state index contributed by atoms with van der Waals surface area (Å²) in [6.45, 7) is 3.66. The molecule has 0 bridgehead atoms. The van der Waals surface area contributed by atoms with Crippen molar-refractivity contribution in [3.63, 3.8) is 0 Å². The molecule has 3 nitrogen and oxygen atoms in total. The summed E-state index contributed by atoms with van der Waals surface area (Å²) in [5.74, 6) is 1.53. The van der Waals surface area contributed by atoms with E-state index in [-0.39, 0.29) is 5.91 Å². The van der Waals surface area contributed by atoms with Crippen molar-refractivity contribution in [3.8, 4) is 0 Å². The van der Waals surface area contributed by atoms with E-state index in [1.165, 1.54) is 25.7 Å². The molecular formula is C16H23BrN2O. The summed E-state index contributed by atoms with van der Waals surface area (Å²) in [5, 5.41) is 6.20. The first-order valence-electron chi connectivity index (χ1n) is 7.41. The lowest BCUT2D eigenvalue weighted by Crippen LogP contribution is -2.34. The molecule has 2 atom stereocenters. The second-order valence-electron chi connectivity index (χ2n) is 5.71. The van der Waals surface area contributed by atoms with Crippen LogP contribution in [0.3, 0.4) is 0 Å². The van der Waals surface area contributed by atoms with Crippen LogP contribution in [0.25, 0.3) is 0 Å². The molecule has 2 unspecified atom stereocenters. The van der Waals surface area contributed by atoms with Gasteiger partial charge in [-0.05, 0) is 43.0 Å². The van der Waals surface area contributed by atoms with Crippen LogP contribution in [0.15, 0.2) is 28.7 Å². The number of anilines is 1. The van der Waals surface area contributed by atoms with Gasteiger partial charge in [-0.1, -0.05) is 48.2 Å². The summed E-state index contributed by atoms with van der Waals surface area (Å²) in [6, 6.07) is 7.65. The Morgan fingerprint density at radius 3 is 2.90 bits per heavy atom. The summed E-state index contributed by atoms with van der Waals surface area (Å²) in [6.07, 6.45) is 5.32. The molecular weight excluding hydrogens is 316 g/mol. The SMILES string of the molecule is CC1CCCCC1CNCC(=O)Nc1cccc(Br)c1. The van der Waals surface area contributed by atoms with E-state index in [1.807, 2.05) is 24.3 Å². The molecule has 1 aromatic carbocycles. The largest absolute Gasteiger partial charge is 0.325 e. The minimum absolute atomic E-state index is 0.0200. The number of benzene rings is 1. The van der Waals surface area contributed by atoms with Crippen LogP contribution < -0.4 is 10.6 Å². The van der Waals surface area contributed by atoms with Crippen molar-refractivity contribution in [1.29, 1.82) is 0 Å². The maximum Gasteiger partial charge on any atom is 0.238 e. The number of amides is 1. The molecule has 1 aliphatic rings. The normalized spacial score (nSPS) is 22.5. The quantitative estimate of drug-likeness (QED) is 0.857. The molecule has 0 radical (unpaired) electrons. The summed E-state index contributed by atoms with van der Waals surface area (Å²) in [4.78, 5) is 11.9. The van der Waals surface area contributed by atoms with Gasteiger partial charge in [-0.25, -0.2) is 0 Å². The maximum absolute atomic E-state index is 11.9. The lowest BCUT2D eigenvalue weighted by molar-refractivity contribution is -0.115. The van der Waals surface area contributed by atoms with Gasteiger partial charge in [0.05, 0.1) is 6.54 Å². The monoisotopic (exact) mass is 338 g/mol. The molecule has 2 N–H and O–H groups in total.